The SMILES string of the molecule is CCCCCCCCCCCCCCOC(C)=O.c1cncnc1. The first-order chi connectivity index (χ1) is 11.8. The van der Waals surface area contributed by atoms with Gasteiger partial charge in [-0.3, -0.25) is 4.79 Å². The predicted octanol–water partition coefficient (Wildman–Crippen LogP) is 5.73. The summed E-state index contributed by atoms with van der Waals surface area (Å²) >= 11 is 0. The Morgan fingerprint density at radius 1 is 0.792 bits per heavy atom. The number of hydrogen-bond acceptors (Lipinski definition) is 4. The molecule has 0 unspecified atom stereocenters. The summed E-state index contributed by atoms with van der Waals surface area (Å²) in [6.45, 7) is 4.34. The monoisotopic (exact) mass is 336 g/mol. The van der Waals surface area contributed by atoms with E-state index in [0.29, 0.717) is 6.61 Å². The second-order valence-corrected chi connectivity index (χ2v) is 6.13. The lowest BCUT2D eigenvalue weighted by Gasteiger charge is -2.03. The Labute approximate surface area is 148 Å². The molecule has 4 nitrogen and oxygen atoms in total. The molecule has 0 spiro atoms. The molecule has 0 aliphatic carbocycles. The molecule has 0 aliphatic rings. The molecule has 1 aromatic heterocycles. The molecule has 0 bridgehead atoms. The van der Waals surface area contributed by atoms with E-state index >= 15 is 0 Å². The fourth-order valence-electron chi connectivity index (χ4n) is 2.41. The second kappa shape index (κ2) is 19.6. The van der Waals surface area contributed by atoms with Crippen LogP contribution in [0.15, 0.2) is 24.8 Å². The van der Waals surface area contributed by atoms with Crippen molar-refractivity contribution < 1.29 is 9.53 Å². The largest absolute Gasteiger partial charge is 0.466 e. The van der Waals surface area contributed by atoms with E-state index in [4.69, 9.17) is 4.74 Å². The van der Waals surface area contributed by atoms with Gasteiger partial charge in [-0.1, -0.05) is 77.6 Å². The smallest absolute Gasteiger partial charge is 0.302 e. The fourth-order valence-corrected chi connectivity index (χ4v) is 2.41. The van der Waals surface area contributed by atoms with Crippen LogP contribution in [0.4, 0.5) is 0 Å². The quantitative estimate of drug-likeness (QED) is 0.341. The van der Waals surface area contributed by atoms with Crippen molar-refractivity contribution in [3.63, 3.8) is 0 Å². The van der Waals surface area contributed by atoms with Crippen molar-refractivity contribution in [3.8, 4) is 0 Å². The first-order valence-corrected chi connectivity index (χ1v) is 9.60. The number of nitrogens with zero attached hydrogens (tertiary/aromatic N) is 2. The highest BCUT2D eigenvalue weighted by Crippen LogP contribution is 2.11. The Morgan fingerprint density at radius 2 is 1.25 bits per heavy atom. The lowest BCUT2D eigenvalue weighted by atomic mass is 10.1. The van der Waals surface area contributed by atoms with Crippen molar-refractivity contribution >= 4 is 5.97 Å². The van der Waals surface area contributed by atoms with Crippen LogP contribution in [0.2, 0.25) is 0 Å². The summed E-state index contributed by atoms with van der Waals surface area (Å²) in [5.41, 5.74) is 0. The van der Waals surface area contributed by atoms with E-state index in [1.54, 1.807) is 18.5 Å². The standard InChI is InChI=1S/C16H32O2.C4H4N2/c1-3-4-5-6-7-8-9-10-11-12-13-14-15-18-16(2)17;1-2-5-4-6-3-1/h3-15H2,1-2H3;1-4H. The first-order valence-electron chi connectivity index (χ1n) is 9.60. The molecule has 0 saturated carbocycles. The van der Waals surface area contributed by atoms with Gasteiger partial charge >= 0.3 is 5.97 Å². The molecule has 0 N–H and O–H groups in total. The van der Waals surface area contributed by atoms with Gasteiger partial charge < -0.3 is 4.74 Å². The molecule has 1 rings (SSSR count). The maximum Gasteiger partial charge on any atom is 0.302 e. The van der Waals surface area contributed by atoms with Gasteiger partial charge in [-0.15, -0.1) is 0 Å². The van der Waals surface area contributed by atoms with Crippen LogP contribution in [0.3, 0.4) is 0 Å². The zero-order valence-corrected chi connectivity index (χ0v) is 15.7. The summed E-state index contributed by atoms with van der Waals surface area (Å²) in [7, 11) is 0. The molecule has 0 saturated heterocycles. The molecule has 138 valence electrons. The van der Waals surface area contributed by atoms with Gasteiger partial charge in [0.25, 0.3) is 0 Å². The molecule has 0 atom stereocenters. The molecule has 0 radical (unpaired) electrons. The normalized spacial score (nSPS) is 9.92. The van der Waals surface area contributed by atoms with Crippen LogP contribution in [0.5, 0.6) is 0 Å². The lowest BCUT2D eigenvalue weighted by Crippen LogP contribution is -2.00. The summed E-state index contributed by atoms with van der Waals surface area (Å²) in [6.07, 6.45) is 20.9. The van der Waals surface area contributed by atoms with Crippen molar-refractivity contribution in [2.24, 2.45) is 0 Å². The highest BCUT2D eigenvalue weighted by atomic mass is 16.5. The van der Waals surface area contributed by atoms with Crippen LogP contribution in [-0.4, -0.2) is 22.5 Å². The third-order valence-corrected chi connectivity index (χ3v) is 3.78. The van der Waals surface area contributed by atoms with Crippen molar-refractivity contribution in [1.82, 2.24) is 9.97 Å². The number of carbonyl (C=O) groups excluding carboxylic acids is 1. The Hall–Kier alpha value is -1.45. The Morgan fingerprint density at radius 3 is 1.58 bits per heavy atom. The number of ether oxygens (including phenoxy) is 1. The number of rotatable bonds is 13. The second-order valence-electron chi connectivity index (χ2n) is 6.13. The van der Waals surface area contributed by atoms with Gasteiger partial charge in [0.2, 0.25) is 0 Å². The molecule has 1 heterocycles. The van der Waals surface area contributed by atoms with E-state index < -0.39 is 0 Å². The molecular formula is C20H36N2O2. The van der Waals surface area contributed by atoms with Crippen molar-refractivity contribution in [2.45, 2.75) is 90.9 Å². The van der Waals surface area contributed by atoms with Crippen molar-refractivity contribution in [1.29, 1.82) is 0 Å². The van der Waals surface area contributed by atoms with Gasteiger partial charge in [-0.05, 0) is 12.5 Å². The number of esters is 1. The van der Waals surface area contributed by atoms with E-state index in [9.17, 15) is 4.79 Å². The summed E-state index contributed by atoms with van der Waals surface area (Å²) in [5.74, 6) is -0.155. The number of aromatic nitrogens is 2. The average molecular weight is 337 g/mol. The molecular weight excluding hydrogens is 300 g/mol. The van der Waals surface area contributed by atoms with Gasteiger partial charge in [0, 0.05) is 19.3 Å². The van der Waals surface area contributed by atoms with Gasteiger partial charge in [-0.2, -0.15) is 0 Å². The molecule has 24 heavy (non-hydrogen) atoms. The van der Waals surface area contributed by atoms with Crippen molar-refractivity contribution in [3.05, 3.63) is 24.8 Å². The van der Waals surface area contributed by atoms with Crippen LogP contribution < -0.4 is 0 Å². The number of unbranched alkanes of at least 4 members (excludes halogenated alkanes) is 11. The van der Waals surface area contributed by atoms with Gasteiger partial charge in [0.15, 0.2) is 0 Å². The zero-order chi connectivity index (χ0) is 17.7. The Balaban J connectivity index is 0.000000728. The lowest BCUT2D eigenvalue weighted by molar-refractivity contribution is -0.141. The third kappa shape index (κ3) is 20.6. The molecule has 1 aromatic rings. The fraction of sp³-hybridized carbons (Fsp3) is 0.750. The van der Waals surface area contributed by atoms with E-state index in [2.05, 4.69) is 16.9 Å². The van der Waals surface area contributed by atoms with Crippen LogP contribution >= 0.6 is 0 Å². The van der Waals surface area contributed by atoms with Crippen LogP contribution in [0.25, 0.3) is 0 Å². The molecule has 0 fully saturated rings. The number of hydrogen-bond donors (Lipinski definition) is 0. The predicted molar refractivity (Wildman–Crippen MR) is 99.7 cm³/mol. The zero-order valence-electron chi connectivity index (χ0n) is 15.7. The third-order valence-electron chi connectivity index (χ3n) is 3.78. The minimum atomic E-state index is -0.155. The van der Waals surface area contributed by atoms with E-state index in [1.807, 2.05) is 0 Å². The van der Waals surface area contributed by atoms with Crippen LogP contribution in [0, 0.1) is 0 Å². The maximum atomic E-state index is 10.5. The summed E-state index contributed by atoms with van der Waals surface area (Å²) < 4.78 is 4.89. The van der Waals surface area contributed by atoms with E-state index in [0.717, 1.165) is 6.42 Å². The Bertz CT molecular complexity index is 331. The summed E-state index contributed by atoms with van der Waals surface area (Å²) in [5, 5.41) is 0. The Kier molecular flexibility index (Phi) is 18.4. The first kappa shape index (κ1) is 22.6. The minimum absolute atomic E-state index is 0.155. The molecule has 0 aromatic carbocycles. The highest BCUT2D eigenvalue weighted by Gasteiger charge is 1.95. The topological polar surface area (TPSA) is 52.1 Å². The molecule has 4 heteroatoms. The van der Waals surface area contributed by atoms with Crippen molar-refractivity contribution in [2.75, 3.05) is 6.61 Å². The maximum absolute atomic E-state index is 10.5. The van der Waals surface area contributed by atoms with Crippen LogP contribution in [0.1, 0.15) is 90.9 Å². The summed E-state index contributed by atoms with van der Waals surface area (Å²) in [6, 6.07) is 1.78. The van der Waals surface area contributed by atoms with Gasteiger partial charge in [0.05, 0.1) is 6.61 Å². The average Bonchev–Trinajstić information content (AvgIpc) is 2.61. The van der Waals surface area contributed by atoms with E-state index in [1.165, 1.54) is 83.9 Å². The van der Waals surface area contributed by atoms with Crippen LogP contribution in [-0.2, 0) is 9.53 Å². The minimum Gasteiger partial charge on any atom is -0.466 e. The number of carbonyl (C=O) groups is 1. The molecule has 0 aliphatic heterocycles. The van der Waals surface area contributed by atoms with E-state index in [-0.39, 0.29) is 5.97 Å². The van der Waals surface area contributed by atoms with Gasteiger partial charge in [-0.25, -0.2) is 9.97 Å². The molecule has 0 amide bonds. The van der Waals surface area contributed by atoms with Gasteiger partial charge in [0.1, 0.15) is 6.33 Å². The summed E-state index contributed by atoms with van der Waals surface area (Å²) in [4.78, 5) is 17.9. The highest BCUT2D eigenvalue weighted by molar-refractivity contribution is 5.65.